The molecule has 21 heavy (non-hydrogen) atoms. The lowest BCUT2D eigenvalue weighted by atomic mass is 10.0. The molecule has 0 aromatic rings. The number of rotatable bonds is 5. The quantitative estimate of drug-likeness (QED) is 0.672. The number of nitrogens with zero attached hydrogens (tertiary/aromatic N) is 3. The van der Waals surface area contributed by atoms with Gasteiger partial charge in [-0.1, -0.05) is 0 Å². The predicted octanol–water partition coefficient (Wildman–Crippen LogP) is -0.360. The van der Waals surface area contributed by atoms with Crippen molar-refractivity contribution in [1.82, 2.24) is 15.1 Å². The topological polar surface area (TPSA) is 96.7 Å². The molecule has 0 aromatic carbocycles. The maximum atomic E-state index is 11.6. The van der Waals surface area contributed by atoms with E-state index in [0.717, 1.165) is 45.3 Å². The zero-order chi connectivity index (χ0) is 15.2. The van der Waals surface area contributed by atoms with Gasteiger partial charge in [-0.25, -0.2) is 0 Å². The zero-order valence-electron chi connectivity index (χ0n) is 12.1. The van der Waals surface area contributed by atoms with Gasteiger partial charge < -0.3 is 10.4 Å². The van der Waals surface area contributed by atoms with Crippen molar-refractivity contribution in [3.05, 3.63) is 0 Å². The summed E-state index contributed by atoms with van der Waals surface area (Å²) in [5, 5.41) is 20.2. The normalized spacial score (nSPS) is 24.6. The van der Waals surface area contributed by atoms with Crippen LogP contribution in [-0.4, -0.2) is 71.6 Å². The summed E-state index contributed by atoms with van der Waals surface area (Å²) in [4.78, 5) is 27.0. The van der Waals surface area contributed by atoms with Gasteiger partial charge in [0, 0.05) is 19.1 Å². The molecule has 0 bridgehead atoms. The molecule has 2 heterocycles. The van der Waals surface area contributed by atoms with Crippen LogP contribution in [0, 0.1) is 11.3 Å². The number of piperidine rings is 1. The summed E-state index contributed by atoms with van der Waals surface area (Å²) in [5.41, 5.74) is 0. The van der Waals surface area contributed by atoms with Crippen LogP contribution in [0.15, 0.2) is 0 Å². The Bertz CT molecular complexity index is 426. The van der Waals surface area contributed by atoms with E-state index in [9.17, 15) is 14.7 Å². The van der Waals surface area contributed by atoms with Crippen LogP contribution in [-0.2, 0) is 9.59 Å². The van der Waals surface area contributed by atoms with Crippen LogP contribution in [0.1, 0.15) is 25.7 Å². The van der Waals surface area contributed by atoms with E-state index in [0.29, 0.717) is 12.6 Å². The van der Waals surface area contributed by atoms with Gasteiger partial charge in [0.2, 0.25) is 5.91 Å². The van der Waals surface area contributed by atoms with E-state index in [4.69, 9.17) is 5.26 Å². The number of nitriles is 1. The molecule has 2 fully saturated rings. The highest BCUT2D eigenvalue weighted by atomic mass is 16.4. The third-order valence-corrected chi connectivity index (χ3v) is 4.34. The second-order valence-corrected chi connectivity index (χ2v) is 5.68. The first kappa shape index (κ1) is 15.7. The number of carboxylic acids is 1. The molecule has 7 heteroatoms. The summed E-state index contributed by atoms with van der Waals surface area (Å²) in [7, 11) is 0. The molecule has 0 radical (unpaired) electrons. The molecule has 0 aliphatic carbocycles. The summed E-state index contributed by atoms with van der Waals surface area (Å²) in [5.74, 6) is -0.842. The third kappa shape index (κ3) is 4.16. The number of nitrogens with one attached hydrogen (secondary N) is 1. The van der Waals surface area contributed by atoms with Crippen molar-refractivity contribution in [2.45, 2.75) is 37.8 Å². The Labute approximate surface area is 124 Å². The molecule has 2 saturated heterocycles. The smallest absolute Gasteiger partial charge is 0.320 e. The Hall–Kier alpha value is -1.65. The molecule has 2 aliphatic heterocycles. The van der Waals surface area contributed by atoms with Crippen molar-refractivity contribution >= 4 is 11.9 Å². The van der Waals surface area contributed by atoms with E-state index in [1.54, 1.807) is 0 Å². The predicted molar refractivity (Wildman–Crippen MR) is 75.4 cm³/mol. The van der Waals surface area contributed by atoms with Gasteiger partial charge >= 0.3 is 5.97 Å². The molecule has 1 unspecified atom stereocenters. The molecular weight excluding hydrogens is 272 g/mol. The van der Waals surface area contributed by atoms with Crippen LogP contribution < -0.4 is 5.32 Å². The fourth-order valence-corrected chi connectivity index (χ4v) is 3.30. The number of carbonyl (C=O) groups is 2. The average Bonchev–Trinajstić information content (AvgIpc) is 2.95. The molecule has 2 aliphatic rings. The van der Waals surface area contributed by atoms with Crippen molar-refractivity contribution in [3.63, 3.8) is 0 Å². The van der Waals surface area contributed by atoms with Crippen LogP contribution in [0.3, 0.4) is 0 Å². The van der Waals surface area contributed by atoms with Crippen molar-refractivity contribution in [1.29, 1.82) is 5.26 Å². The largest absolute Gasteiger partial charge is 0.480 e. The minimum Gasteiger partial charge on any atom is -0.480 e. The number of aliphatic carboxylic acids is 1. The van der Waals surface area contributed by atoms with Crippen LogP contribution in [0.2, 0.25) is 0 Å². The fourth-order valence-electron chi connectivity index (χ4n) is 3.30. The van der Waals surface area contributed by atoms with Gasteiger partial charge in [0.25, 0.3) is 0 Å². The monoisotopic (exact) mass is 294 g/mol. The SMILES string of the molecule is N#CCNC(=O)CN1CCC(N2CCCC2C(=O)O)CC1. The highest BCUT2D eigenvalue weighted by Crippen LogP contribution is 2.26. The summed E-state index contributed by atoms with van der Waals surface area (Å²) in [6, 6.07) is 1.86. The molecule has 1 atom stereocenters. The lowest BCUT2D eigenvalue weighted by Gasteiger charge is -2.38. The van der Waals surface area contributed by atoms with E-state index >= 15 is 0 Å². The van der Waals surface area contributed by atoms with E-state index in [1.165, 1.54) is 0 Å². The average molecular weight is 294 g/mol. The molecule has 2 N–H and O–H groups in total. The fraction of sp³-hybridized carbons (Fsp3) is 0.786. The molecule has 1 amide bonds. The van der Waals surface area contributed by atoms with Gasteiger partial charge in [-0.15, -0.1) is 0 Å². The van der Waals surface area contributed by atoms with Gasteiger partial charge in [0.1, 0.15) is 12.6 Å². The number of amides is 1. The molecule has 0 saturated carbocycles. The van der Waals surface area contributed by atoms with Crippen molar-refractivity contribution < 1.29 is 14.7 Å². The van der Waals surface area contributed by atoms with E-state index in [-0.39, 0.29) is 18.5 Å². The Morgan fingerprint density at radius 3 is 2.57 bits per heavy atom. The number of carboxylic acid groups (broad SMARTS) is 1. The molecule has 0 spiro atoms. The lowest BCUT2D eigenvalue weighted by Crippen LogP contribution is -2.50. The Morgan fingerprint density at radius 2 is 1.95 bits per heavy atom. The van der Waals surface area contributed by atoms with Crippen LogP contribution >= 0.6 is 0 Å². The Morgan fingerprint density at radius 1 is 1.24 bits per heavy atom. The standard InChI is InChI=1S/C14H22N4O3/c15-5-6-16-13(19)10-17-8-3-11(4-9-17)18-7-1-2-12(18)14(20)21/h11-12H,1-4,6-10H2,(H,16,19)(H,20,21). The van der Waals surface area contributed by atoms with Crippen molar-refractivity contribution in [2.75, 3.05) is 32.7 Å². The zero-order valence-corrected chi connectivity index (χ0v) is 12.1. The van der Waals surface area contributed by atoms with E-state index < -0.39 is 5.97 Å². The lowest BCUT2D eigenvalue weighted by molar-refractivity contribution is -0.143. The molecule has 7 nitrogen and oxygen atoms in total. The first-order valence-electron chi connectivity index (χ1n) is 7.46. The van der Waals surface area contributed by atoms with Crippen LogP contribution in [0.25, 0.3) is 0 Å². The second-order valence-electron chi connectivity index (χ2n) is 5.68. The first-order chi connectivity index (χ1) is 10.1. The third-order valence-electron chi connectivity index (χ3n) is 4.34. The molecule has 2 rings (SSSR count). The Balaban J connectivity index is 1.77. The van der Waals surface area contributed by atoms with Gasteiger partial charge in [-0.3, -0.25) is 19.4 Å². The summed E-state index contributed by atoms with van der Waals surface area (Å²) in [6.07, 6.45) is 3.49. The van der Waals surface area contributed by atoms with Gasteiger partial charge in [-0.05, 0) is 32.2 Å². The maximum Gasteiger partial charge on any atom is 0.320 e. The molecular formula is C14H22N4O3. The van der Waals surface area contributed by atoms with Gasteiger partial charge in [0.15, 0.2) is 0 Å². The van der Waals surface area contributed by atoms with E-state index in [1.807, 2.05) is 6.07 Å². The van der Waals surface area contributed by atoms with Gasteiger partial charge in [-0.2, -0.15) is 5.26 Å². The highest BCUT2D eigenvalue weighted by Gasteiger charge is 2.36. The summed E-state index contributed by atoms with van der Waals surface area (Å²) in [6.45, 7) is 2.82. The Kier molecular flexibility index (Phi) is 5.53. The molecule has 0 aromatic heterocycles. The van der Waals surface area contributed by atoms with E-state index in [2.05, 4.69) is 15.1 Å². The minimum atomic E-state index is -0.717. The molecule has 116 valence electrons. The summed E-state index contributed by atoms with van der Waals surface area (Å²) >= 11 is 0. The van der Waals surface area contributed by atoms with Crippen molar-refractivity contribution in [2.24, 2.45) is 0 Å². The van der Waals surface area contributed by atoms with Crippen LogP contribution in [0.5, 0.6) is 0 Å². The first-order valence-corrected chi connectivity index (χ1v) is 7.46. The van der Waals surface area contributed by atoms with Gasteiger partial charge in [0.05, 0.1) is 12.6 Å². The summed E-state index contributed by atoms with van der Waals surface area (Å²) < 4.78 is 0. The maximum absolute atomic E-state index is 11.6. The number of likely N-dealkylation sites (tertiary alicyclic amines) is 2. The minimum absolute atomic E-state index is 0.0450. The number of hydrogen-bond donors (Lipinski definition) is 2. The second kappa shape index (κ2) is 7.38. The van der Waals surface area contributed by atoms with Crippen LogP contribution in [0.4, 0.5) is 0 Å². The highest BCUT2D eigenvalue weighted by molar-refractivity contribution is 5.78. The number of hydrogen-bond acceptors (Lipinski definition) is 5. The van der Waals surface area contributed by atoms with Crippen molar-refractivity contribution in [3.8, 4) is 6.07 Å². The number of carbonyl (C=O) groups excluding carboxylic acids is 1.